The van der Waals surface area contributed by atoms with Gasteiger partial charge in [-0.1, -0.05) is 120 Å². The summed E-state index contributed by atoms with van der Waals surface area (Å²) in [7, 11) is 2.73. The summed E-state index contributed by atoms with van der Waals surface area (Å²) >= 11 is 12.6. The van der Waals surface area contributed by atoms with Gasteiger partial charge in [-0.3, -0.25) is 0 Å². The molecule has 7 aromatic rings. The van der Waals surface area contributed by atoms with Crippen molar-refractivity contribution in [3.05, 3.63) is 195 Å². The standard InChI is InChI=1S/C34H26Cl2N2O4.C13H10O2/c1-41-33(39)25-13-8-23(9-14-25)20-38-21-31(29-16-15-28(35)19-30(29)36)37-32(38)17-10-22-6-11-24(12-7-22)26-4-3-5-27(18-26)34(40)42-2;14-13(15)12-8-4-7-11(9-12)10-5-2-1-3-6-10/h3-19,21H,20H2,1-2H3;1-9H,(H,14,15). The van der Waals surface area contributed by atoms with Crippen LogP contribution in [0.15, 0.2) is 152 Å². The molecule has 1 N–H and O–H groups in total. The number of rotatable bonds is 10. The zero-order valence-electron chi connectivity index (χ0n) is 30.9. The fourth-order valence-electron chi connectivity index (χ4n) is 5.94. The van der Waals surface area contributed by atoms with Crippen molar-refractivity contribution in [3.63, 3.8) is 0 Å². The Hall–Kier alpha value is -6.74. The minimum atomic E-state index is -0.896. The molecule has 1 aromatic heterocycles. The monoisotopic (exact) mass is 794 g/mol. The van der Waals surface area contributed by atoms with Gasteiger partial charge in [-0.25, -0.2) is 19.4 Å². The summed E-state index contributed by atoms with van der Waals surface area (Å²) in [6.07, 6.45) is 5.88. The van der Waals surface area contributed by atoms with E-state index in [4.69, 9.17) is 42.8 Å². The van der Waals surface area contributed by atoms with E-state index < -0.39 is 5.97 Å². The van der Waals surface area contributed by atoms with Crippen molar-refractivity contribution in [1.29, 1.82) is 0 Å². The van der Waals surface area contributed by atoms with E-state index in [0.717, 1.165) is 44.8 Å². The first-order valence-electron chi connectivity index (χ1n) is 17.7. The smallest absolute Gasteiger partial charge is 0.337 e. The molecule has 0 saturated heterocycles. The van der Waals surface area contributed by atoms with E-state index in [1.807, 2.05) is 120 Å². The molecule has 0 aliphatic rings. The number of methoxy groups -OCH3 is 2. The lowest BCUT2D eigenvalue weighted by molar-refractivity contribution is 0.0592. The summed E-state index contributed by atoms with van der Waals surface area (Å²) in [5, 5.41) is 9.92. The molecular weight excluding hydrogens is 759 g/mol. The van der Waals surface area contributed by atoms with E-state index in [1.165, 1.54) is 14.2 Å². The molecule has 6 aromatic carbocycles. The molecule has 0 unspecified atom stereocenters. The van der Waals surface area contributed by atoms with E-state index in [9.17, 15) is 14.4 Å². The van der Waals surface area contributed by atoms with Gasteiger partial charge < -0.3 is 19.1 Å². The zero-order valence-corrected chi connectivity index (χ0v) is 32.4. The van der Waals surface area contributed by atoms with Crippen molar-refractivity contribution in [2.24, 2.45) is 0 Å². The van der Waals surface area contributed by atoms with Gasteiger partial charge in [-0.2, -0.15) is 0 Å². The molecule has 7 rings (SSSR count). The Bertz CT molecular complexity index is 2550. The SMILES string of the molecule is COC(=O)c1ccc(Cn2cc(-c3ccc(Cl)cc3Cl)nc2C=Cc2ccc(-c3cccc(C(=O)OC)c3)cc2)cc1.O=C(O)c1cccc(-c2ccccc2)c1. The van der Waals surface area contributed by atoms with Gasteiger partial charge >= 0.3 is 17.9 Å². The normalized spacial score (nSPS) is 10.7. The summed E-state index contributed by atoms with van der Waals surface area (Å²) in [6, 6.07) is 44.6. The Kier molecular flexibility index (Phi) is 13.1. The summed E-state index contributed by atoms with van der Waals surface area (Å²) in [5.74, 6) is -0.920. The minimum Gasteiger partial charge on any atom is -0.478 e. The maximum absolute atomic E-state index is 11.9. The first-order chi connectivity index (χ1) is 27.6. The van der Waals surface area contributed by atoms with Crippen molar-refractivity contribution in [1.82, 2.24) is 9.55 Å². The highest BCUT2D eigenvalue weighted by Crippen LogP contribution is 2.31. The van der Waals surface area contributed by atoms with Crippen LogP contribution in [-0.2, 0) is 16.0 Å². The summed E-state index contributed by atoms with van der Waals surface area (Å²) in [6.45, 7) is 0.523. The van der Waals surface area contributed by atoms with E-state index in [0.29, 0.717) is 39.0 Å². The molecule has 0 atom stereocenters. The number of ether oxygens (including phenoxy) is 2. The molecule has 0 aliphatic heterocycles. The van der Waals surface area contributed by atoms with Crippen LogP contribution in [0.2, 0.25) is 10.0 Å². The molecule has 0 amide bonds. The Balaban J connectivity index is 0.000000305. The van der Waals surface area contributed by atoms with Crippen molar-refractivity contribution >= 4 is 53.3 Å². The highest BCUT2D eigenvalue weighted by Gasteiger charge is 2.13. The molecule has 0 spiro atoms. The van der Waals surface area contributed by atoms with Crippen LogP contribution >= 0.6 is 23.2 Å². The second-order valence-electron chi connectivity index (χ2n) is 12.7. The van der Waals surface area contributed by atoms with Crippen LogP contribution in [0, 0.1) is 0 Å². The number of hydrogen-bond donors (Lipinski definition) is 1. The van der Waals surface area contributed by atoms with Gasteiger partial charge in [0.15, 0.2) is 0 Å². The van der Waals surface area contributed by atoms with Gasteiger partial charge in [-0.15, -0.1) is 0 Å². The van der Waals surface area contributed by atoms with E-state index in [1.54, 1.807) is 48.5 Å². The highest BCUT2D eigenvalue weighted by atomic mass is 35.5. The number of aromatic nitrogens is 2. The Morgan fingerprint density at radius 3 is 1.86 bits per heavy atom. The van der Waals surface area contributed by atoms with Crippen molar-refractivity contribution in [3.8, 4) is 33.5 Å². The van der Waals surface area contributed by atoms with Gasteiger partial charge in [0.05, 0.1) is 41.6 Å². The number of esters is 2. The molecule has 284 valence electrons. The molecule has 0 bridgehead atoms. The van der Waals surface area contributed by atoms with Crippen LogP contribution in [0.4, 0.5) is 0 Å². The number of aromatic carboxylic acids is 1. The van der Waals surface area contributed by atoms with E-state index in [2.05, 4.69) is 0 Å². The third-order valence-electron chi connectivity index (χ3n) is 8.91. The van der Waals surface area contributed by atoms with Crippen LogP contribution in [0.25, 0.3) is 45.7 Å². The van der Waals surface area contributed by atoms with Crippen LogP contribution in [0.1, 0.15) is 48.0 Å². The first kappa shape index (κ1) is 39.9. The predicted molar refractivity (Wildman–Crippen MR) is 226 cm³/mol. The van der Waals surface area contributed by atoms with Crippen molar-refractivity contribution < 1.29 is 29.0 Å². The lowest BCUT2D eigenvalue weighted by Gasteiger charge is -2.07. The maximum Gasteiger partial charge on any atom is 0.337 e. The fraction of sp³-hybridized carbons (Fsp3) is 0.0638. The molecule has 8 nitrogen and oxygen atoms in total. The third kappa shape index (κ3) is 10.3. The quantitative estimate of drug-likeness (QED) is 0.137. The molecule has 0 saturated carbocycles. The van der Waals surface area contributed by atoms with Gasteiger partial charge in [-0.05, 0) is 94.1 Å². The second-order valence-corrected chi connectivity index (χ2v) is 13.5. The van der Waals surface area contributed by atoms with Gasteiger partial charge in [0, 0.05) is 23.3 Å². The number of nitrogens with zero attached hydrogens (tertiary/aromatic N) is 2. The average molecular weight is 796 g/mol. The molecule has 57 heavy (non-hydrogen) atoms. The lowest BCUT2D eigenvalue weighted by atomic mass is 10.0. The van der Waals surface area contributed by atoms with Crippen molar-refractivity contribution in [2.75, 3.05) is 14.2 Å². The molecule has 0 aliphatic carbocycles. The average Bonchev–Trinajstić information content (AvgIpc) is 3.65. The van der Waals surface area contributed by atoms with Gasteiger partial charge in [0.1, 0.15) is 5.82 Å². The lowest BCUT2D eigenvalue weighted by Crippen LogP contribution is -2.03. The number of benzene rings is 6. The molecular formula is C47H36Cl2N2O6. The van der Waals surface area contributed by atoms with Crippen molar-refractivity contribution in [2.45, 2.75) is 6.54 Å². The van der Waals surface area contributed by atoms with Crippen LogP contribution in [-0.4, -0.2) is 46.8 Å². The first-order valence-corrected chi connectivity index (χ1v) is 18.4. The number of hydrogen-bond acceptors (Lipinski definition) is 6. The highest BCUT2D eigenvalue weighted by molar-refractivity contribution is 6.36. The van der Waals surface area contributed by atoms with E-state index >= 15 is 0 Å². The Morgan fingerprint density at radius 2 is 1.23 bits per heavy atom. The summed E-state index contributed by atoms with van der Waals surface area (Å²) in [4.78, 5) is 39.4. The van der Waals surface area contributed by atoms with Crippen LogP contribution in [0.5, 0.6) is 0 Å². The number of carboxylic acid groups (broad SMARTS) is 1. The van der Waals surface area contributed by atoms with Gasteiger partial charge in [0.25, 0.3) is 0 Å². The number of halogens is 2. The number of carboxylic acids is 1. The molecule has 0 fully saturated rings. The maximum atomic E-state index is 11.9. The molecule has 1 heterocycles. The molecule has 0 radical (unpaired) electrons. The number of carbonyl (C=O) groups excluding carboxylic acids is 2. The Labute approximate surface area is 340 Å². The Morgan fingerprint density at radius 1 is 0.632 bits per heavy atom. The fourth-order valence-corrected chi connectivity index (χ4v) is 6.45. The number of carbonyl (C=O) groups is 3. The topological polar surface area (TPSA) is 108 Å². The molecule has 10 heteroatoms. The summed E-state index contributed by atoms with van der Waals surface area (Å²) in [5.41, 5.74) is 8.61. The third-order valence-corrected chi connectivity index (χ3v) is 9.46. The second kappa shape index (κ2) is 18.7. The largest absolute Gasteiger partial charge is 0.478 e. The predicted octanol–water partition coefficient (Wildman–Crippen LogP) is 11.4. The van der Waals surface area contributed by atoms with Crippen LogP contribution < -0.4 is 0 Å². The summed E-state index contributed by atoms with van der Waals surface area (Å²) < 4.78 is 11.7. The van der Waals surface area contributed by atoms with Gasteiger partial charge in [0.2, 0.25) is 0 Å². The minimum absolute atomic E-state index is 0.316. The van der Waals surface area contributed by atoms with E-state index in [-0.39, 0.29) is 11.9 Å². The zero-order chi connectivity index (χ0) is 40.3. The van der Waals surface area contributed by atoms with Crippen LogP contribution in [0.3, 0.4) is 0 Å². The number of imidazole rings is 1.